The van der Waals surface area contributed by atoms with Crippen LogP contribution in [0.1, 0.15) is 11.1 Å². The van der Waals surface area contributed by atoms with Crippen molar-refractivity contribution in [1.82, 2.24) is 5.32 Å². The summed E-state index contributed by atoms with van der Waals surface area (Å²) in [6, 6.07) is 18.7. The summed E-state index contributed by atoms with van der Waals surface area (Å²) in [5.41, 5.74) is 1.94. The van der Waals surface area contributed by atoms with Gasteiger partial charge in [0, 0.05) is 0 Å². The quantitative estimate of drug-likeness (QED) is 0.859. The van der Waals surface area contributed by atoms with E-state index in [1.165, 1.54) is 0 Å². The Morgan fingerprint density at radius 1 is 1.04 bits per heavy atom. The van der Waals surface area contributed by atoms with E-state index in [4.69, 9.17) is 9.47 Å². The van der Waals surface area contributed by atoms with Gasteiger partial charge in [0.25, 0.3) is 0 Å². The minimum Gasteiger partial charge on any atom is -0.463 e. The normalized spacial score (nSPS) is 19.6. The highest BCUT2D eigenvalue weighted by Gasteiger charge is 2.38. The fourth-order valence-corrected chi connectivity index (χ4v) is 2.71. The van der Waals surface area contributed by atoms with Crippen molar-refractivity contribution in [2.75, 3.05) is 6.61 Å². The second-order valence-electron chi connectivity index (χ2n) is 5.74. The van der Waals surface area contributed by atoms with Gasteiger partial charge in [0.1, 0.15) is 13.2 Å². The Morgan fingerprint density at radius 2 is 1.67 bits per heavy atom. The Kier molecular flexibility index (Phi) is 5.11. The molecule has 1 fully saturated rings. The summed E-state index contributed by atoms with van der Waals surface area (Å²) in [7, 11) is 0. The van der Waals surface area contributed by atoms with E-state index in [0.29, 0.717) is 6.42 Å². The minimum absolute atomic E-state index is 0.177. The molecule has 1 heterocycles. The van der Waals surface area contributed by atoms with Crippen molar-refractivity contribution in [3.05, 3.63) is 71.8 Å². The number of amides is 1. The van der Waals surface area contributed by atoms with Gasteiger partial charge in [-0.1, -0.05) is 60.7 Å². The third-order valence-corrected chi connectivity index (χ3v) is 4.01. The van der Waals surface area contributed by atoms with Crippen LogP contribution < -0.4 is 5.32 Å². The molecule has 24 heavy (non-hydrogen) atoms. The molecule has 0 spiro atoms. The lowest BCUT2D eigenvalue weighted by Crippen LogP contribution is -2.41. The van der Waals surface area contributed by atoms with Crippen LogP contribution in [0.5, 0.6) is 0 Å². The molecule has 0 saturated carbocycles. The van der Waals surface area contributed by atoms with Crippen molar-refractivity contribution in [1.29, 1.82) is 0 Å². The molecule has 1 saturated heterocycles. The number of benzene rings is 2. The van der Waals surface area contributed by atoms with Crippen molar-refractivity contribution in [3.8, 4) is 0 Å². The van der Waals surface area contributed by atoms with Crippen LogP contribution in [0.4, 0.5) is 4.79 Å². The first-order valence-electron chi connectivity index (χ1n) is 7.90. The second-order valence-corrected chi connectivity index (χ2v) is 5.74. The van der Waals surface area contributed by atoms with Crippen molar-refractivity contribution in [2.45, 2.75) is 19.1 Å². The van der Waals surface area contributed by atoms with Crippen molar-refractivity contribution >= 4 is 12.1 Å². The number of alkyl carbamates (subject to hydrolysis) is 1. The zero-order chi connectivity index (χ0) is 16.8. The maximum absolute atomic E-state index is 12.0. The van der Waals surface area contributed by atoms with E-state index in [1.807, 2.05) is 60.7 Å². The summed E-state index contributed by atoms with van der Waals surface area (Å²) in [5.74, 6) is -0.677. The standard InChI is InChI=1S/C19H19NO4/c21-18-16(11-14-7-3-1-4-8-14)17(13-23-18)20-19(22)24-12-15-9-5-2-6-10-15/h1-10,16-17H,11-13H2,(H,20,22)/t16-,17-/m1/s1. The summed E-state index contributed by atoms with van der Waals surface area (Å²) in [6.07, 6.45) is -0.0104. The average molecular weight is 325 g/mol. The van der Waals surface area contributed by atoms with E-state index >= 15 is 0 Å². The molecule has 0 bridgehead atoms. The third kappa shape index (κ3) is 4.13. The zero-order valence-corrected chi connectivity index (χ0v) is 13.2. The molecule has 2 atom stereocenters. The number of hydrogen-bond donors (Lipinski definition) is 1. The van der Waals surface area contributed by atoms with Crippen LogP contribution in [0.2, 0.25) is 0 Å². The summed E-state index contributed by atoms with van der Waals surface area (Å²) in [4.78, 5) is 23.9. The number of hydrogen-bond acceptors (Lipinski definition) is 4. The molecule has 124 valence electrons. The number of nitrogens with one attached hydrogen (secondary N) is 1. The van der Waals surface area contributed by atoms with Gasteiger partial charge in [0.15, 0.2) is 0 Å². The zero-order valence-electron chi connectivity index (χ0n) is 13.2. The Bertz CT molecular complexity index is 687. The third-order valence-electron chi connectivity index (χ3n) is 4.01. The number of carbonyl (C=O) groups is 2. The molecule has 0 unspecified atom stereocenters. The topological polar surface area (TPSA) is 64.6 Å². The maximum Gasteiger partial charge on any atom is 0.407 e. The van der Waals surface area contributed by atoms with Gasteiger partial charge in [-0.2, -0.15) is 0 Å². The number of esters is 1. The van der Waals surface area contributed by atoms with Gasteiger partial charge in [0.05, 0.1) is 12.0 Å². The smallest absolute Gasteiger partial charge is 0.407 e. The molecule has 0 radical (unpaired) electrons. The highest BCUT2D eigenvalue weighted by Crippen LogP contribution is 2.20. The van der Waals surface area contributed by atoms with Crippen LogP contribution in [-0.4, -0.2) is 24.7 Å². The van der Waals surface area contributed by atoms with Gasteiger partial charge in [-0.25, -0.2) is 4.79 Å². The number of cyclic esters (lactones) is 1. The molecule has 1 amide bonds. The van der Waals surface area contributed by atoms with Gasteiger partial charge >= 0.3 is 12.1 Å². The first kappa shape index (κ1) is 16.1. The molecule has 5 heteroatoms. The number of ether oxygens (including phenoxy) is 2. The highest BCUT2D eigenvalue weighted by atomic mass is 16.6. The van der Waals surface area contributed by atoms with Gasteiger partial charge in [-0.05, 0) is 17.5 Å². The maximum atomic E-state index is 12.0. The molecule has 0 aliphatic carbocycles. The fourth-order valence-electron chi connectivity index (χ4n) is 2.71. The Morgan fingerprint density at radius 3 is 2.33 bits per heavy atom. The summed E-state index contributed by atoms with van der Waals surface area (Å²) < 4.78 is 10.3. The molecule has 2 aromatic carbocycles. The predicted octanol–water partition coefficient (Wildman–Crippen LogP) is 2.70. The monoisotopic (exact) mass is 325 g/mol. The van der Waals surface area contributed by atoms with E-state index in [-0.39, 0.29) is 25.2 Å². The Balaban J connectivity index is 1.55. The van der Waals surface area contributed by atoms with Gasteiger partial charge in [-0.3, -0.25) is 4.79 Å². The number of carbonyl (C=O) groups excluding carboxylic acids is 2. The first-order chi connectivity index (χ1) is 11.7. The molecular formula is C19H19NO4. The van der Waals surface area contributed by atoms with E-state index < -0.39 is 12.0 Å². The molecular weight excluding hydrogens is 306 g/mol. The molecule has 1 aliphatic heterocycles. The average Bonchev–Trinajstić information content (AvgIpc) is 2.95. The molecule has 0 aromatic heterocycles. The molecule has 5 nitrogen and oxygen atoms in total. The second kappa shape index (κ2) is 7.64. The minimum atomic E-state index is -0.541. The largest absolute Gasteiger partial charge is 0.463 e. The van der Waals surface area contributed by atoms with Crippen LogP contribution in [0.15, 0.2) is 60.7 Å². The van der Waals surface area contributed by atoms with E-state index in [2.05, 4.69) is 5.32 Å². The van der Waals surface area contributed by atoms with E-state index in [0.717, 1.165) is 11.1 Å². The molecule has 2 aromatic rings. The molecule has 1 aliphatic rings. The predicted molar refractivity (Wildman–Crippen MR) is 88.1 cm³/mol. The van der Waals surface area contributed by atoms with E-state index in [1.54, 1.807) is 0 Å². The summed E-state index contributed by atoms with van der Waals surface area (Å²) in [5, 5.41) is 2.74. The molecule has 1 N–H and O–H groups in total. The lowest BCUT2D eigenvalue weighted by Gasteiger charge is -2.17. The molecule has 3 rings (SSSR count). The van der Waals surface area contributed by atoms with Gasteiger partial charge in [0.2, 0.25) is 0 Å². The summed E-state index contributed by atoms with van der Waals surface area (Å²) in [6.45, 7) is 0.369. The van der Waals surface area contributed by atoms with Gasteiger partial charge < -0.3 is 14.8 Å². The van der Waals surface area contributed by atoms with Crippen LogP contribution in [0.25, 0.3) is 0 Å². The SMILES string of the molecule is O=C(N[C@@H]1COC(=O)[C@@H]1Cc1ccccc1)OCc1ccccc1. The van der Waals surface area contributed by atoms with Gasteiger partial charge in [-0.15, -0.1) is 0 Å². The summed E-state index contributed by atoms with van der Waals surface area (Å²) >= 11 is 0. The van der Waals surface area contributed by atoms with Crippen LogP contribution in [0, 0.1) is 5.92 Å². The lowest BCUT2D eigenvalue weighted by molar-refractivity contribution is -0.141. The lowest BCUT2D eigenvalue weighted by atomic mass is 9.94. The number of rotatable bonds is 5. The van der Waals surface area contributed by atoms with Crippen molar-refractivity contribution in [3.63, 3.8) is 0 Å². The van der Waals surface area contributed by atoms with Crippen LogP contribution in [-0.2, 0) is 27.3 Å². The van der Waals surface area contributed by atoms with Crippen LogP contribution >= 0.6 is 0 Å². The van der Waals surface area contributed by atoms with Crippen molar-refractivity contribution in [2.24, 2.45) is 5.92 Å². The van der Waals surface area contributed by atoms with Crippen molar-refractivity contribution < 1.29 is 19.1 Å². The van der Waals surface area contributed by atoms with Crippen LogP contribution in [0.3, 0.4) is 0 Å². The first-order valence-corrected chi connectivity index (χ1v) is 7.90. The highest BCUT2D eigenvalue weighted by molar-refractivity contribution is 5.77. The van der Waals surface area contributed by atoms with E-state index in [9.17, 15) is 9.59 Å². The Labute approximate surface area is 140 Å². The Hall–Kier alpha value is -2.82. The fraction of sp³-hybridized carbons (Fsp3) is 0.263.